The van der Waals surface area contributed by atoms with Crippen molar-refractivity contribution >= 4 is 11.0 Å². The van der Waals surface area contributed by atoms with Crippen molar-refractivity contribution in [1.29, 1.82) is 0 Å². The van der Waals surface area contributed by atoms with Gasteiger partial charge in [-0.3, -0.25) is 15.0 Å². The lowest BCUT2D eigenvalue weighted by Crippen LogP contribution is -1.92. The molecule has 0 bridgehead atoms. The fourth-order valence-corrected chi connectivity index (χ4v) is 2.82. The Morgan fingerprint density at radius 3 is 2.30 bits per heavy atom. The average Bonchev–Trinajstić information content (AvgIpc) is 2.62. The van der Waals surface area contributed by atoms with E-state index in [0.717, 1.165) is 33.4 Å². The minimum atomic E-state index is 0.893. The molecule has 0 amide bonds. The van der Waals surface area contributed by atoms with E-state index in [1.54, 1.807) is 12.4 Å². The lowest BCUT2D eigenvalue weighted by Gasteiger charge is -2.11. The van der Waals surface area contributed by atoms with Crippen molar-refractivity contribution in [3.63, 3.8) is 0 Å². The summed E-state index contributed by atoms with van der Waals surface area (Å²) < 4.78 is 0. The molecule has 0 saturated heterocycles. The molecule has 4 aromatic rings. The third-order valence-corrected chi connectivity index (χ3v) is 3.99. The Morgan fingerprint density at radius 2 is 1.43 bits per heavy atom. The van der Waals surface area contributed by atoms with Gasteiger partial charge >= 0.3 is 0 Å². The van der Waals surface area contributed by atoms with Gasteiger partial charge < -0.3 is 0 Å². The first-order chi connectivity index (χ1) is 11.3. The topological polar surface area (TPSA) is 38.7 Å². The zero-order chi connectivity index (χ0) is 15.6. The van der Waals surface area contributed by atoms with E-state index in [-0.39, 0.29) is 0 Å². The second kappa shape index (κ2) is 5.61. The van der Waals surface area contributed by atoms with E-state index in [1.807, 2.05) is 30.5 Å². The van der Waals surface area contributed by atoms with Crippen molar-refractivity contribution in [2.75, 3.05) is 0 Å². The fourth-order valence-electron chi connectivity index (χ4n) is 2.82. The monoisotopic (exact) mass is 297 g/mol. The first-order valence-electron chi connectivity index (χ1n) is 7.55. The Kier molecular flexibility index (Phi) is 3.31. The Morgan fingerprint density at radius 1 is 0.652 bits per heavy atom. The molecule has 2 aromatic heterocycles. The number of aryl methyl sites for hydroxylation is 1. The molecule has 23 heavy (non-hydrogen) atoms. The summed E-state index contributed by atoms with van der Waals surface area (Å²) in [5.41, 5.74) is 7.37. The van der Waals surface area contributed by atoms with Crippen LogP contribution in [0.4, 0.5) is 0 Å². The number of rotatable bonds is 2. The quantitative estimate of drug-likeness (QED) is 0.540. The van der Waals surface area contributed by atoms with Gasteiger partial charge in [0.1, 0.15) is 0 Å². The highest BCUT2D eigenvalue weighted by Gasteiger charge is 2.11. The number of aromatic nitrogens is 3. The Labute approximate surface area is 134 Å². The third kappa shape index (κ3) is 2.46. The van der Waals surface area contributed by atoms with E-state index >= 15 is 0 Å². The lowest BCUT2D eigenvalue weighted by atomic mass is 9.96. The van der Waals surface area contributed by atoms with Crippen LogP contribution < -0.4 is 0 Å². The lowest BCUT2D eigenvalue weighted by molar-refractivity contribution is 1.29. The normalized spacial score (nSPS) is 10.8. The van der Waals surface area contributed by atoms with Crippen LogP contribution in [0.15, 0.2) is 73.2 Å². The number of fused-ring (bicyclic) bond motifs is 1. The van der Waals surface area contributed by atoms with E-state index in [0.29, 0.717) is 0 Å². The van der Waals surface area contributed by atoms with Gasteiger partial charge in [-0.05, 0) is 36.2 Å². The molecule has 3 heteroatoms. The molecular formula is C20H15N3. The molecule has 2 heterocycles. The van der Waals surface area contributed by atoms with Crippen LogP contribution in [0.2, 0.25) is 0 Å². The van der Waals surface area contributed by atoms with Crippen LogP contribution in [0.3, 0.4) is 0 Å². The molecule has 3 nitrogen and oxygen atoms in total. The minimum absolute atomic E-state index is 0.893. The predicted octanol–water partition coefficient (Wildman–Crippen LogP) is 4.67. The zero-order valence-electron chi connectivity index (χ0n) is 12.8. The molecule has 110 valence electrons. The van der Waals surface area contributed by atoms with E-state index in [1.165, 1.54) is 5.56 Å². The molecule has 0 N–H and O–H groups in total. The summed E-state index contributed by atoms with van der Waals surface area (Å²) >= 11 is 0. The summed E-state index contributed by atoms with van der Waals surface area (Å²) in [7, 11) is 0. The highest BCUT2D eigenvalue weighted by Crippen LogP contribution is 2.32. The summed E-state index contributed by atoms with van der Waals surface area (Å²) in [6, 6.07) is 18.6. The molecule has 0 radical (unpaired) electrons. The van der Waals surface area contributed by atoms with E-state index in [4.69, 9.17) is 0 Å². The first kappa shape index (κ1) is 13.6. The maximum Gasteiger partial charge on any atom is 0.0892 e. The second-order valence-corrected chi connectivity index (χ2v) is 5.47. The number of benzene rings is 2. The standard InChI is InChI=1S/C20H15N3/c1-14-5-2-3-6-16(14)20-17(7-4-10-23-20)15-8-9-18-19(13-15)22-12-11-21-18/h2-13H,1H3. The maximum atomic E-state index is 4.63. The van der Waals surface area contributed by atoms with Crippen molar-refractivity contribution in [3.8, 4) is 22.4 Å². The van der Waals surface area contributed by atoms with Crippen LogP contribution in [0.1, 0.15) is 5.56 Å². The highest BCUT2D eigenvalue weighted by atomic mass is 14.8. The van der Waals surface area contributed by atoms with Crippen LogP contribution in [0.5, 0.6) is 0 Å². The van der Waals surface area contributed by atoms with Gasteiger partial charge in [0, 0.05) is 29.7 Å². The second-order valence-electron chi connectivity index (χ2n) is 5.47. The van der Waals surface area contributed by atoms with E-state index < -0.39 is 0 Å². The molecule has 0 aliphatic carbocycles. The molecule has 0 aliphatic rings. The van der Waals surface area contributed by atoms with E-state index in [9.17, 15) is 0 Å². The molecule has 0 atom stereocenters. The molecule has 0 unspecified atom stereocenters. The van der Waals surface area contributed by atoms with Crippen molar-refractivity contribution in [3.05, 3.63) is 78.8 Å². The number of hydrogen-bond donors (Lipinski definition) is 0. The van der Waals surface area contributed by atoms with Crippen LogP contribution in [0.25, 0.3) is 33.4 Å². The van der Waals surface area contributed by atoms with E-state index in [2.05, 4.69) is 52.2 Å². The first-order valence-corrected chi connectivity index (χ1v) is 7.55. The summed E-state index contributed by atoms with van der Waals surface area (Å²) in [5.74, 6) is 0. The minimum Gasteiger partial charge on any atom is -0.256 e. The van der Waals surface area contributed by atoms with Crippen molar-refractivity contribution < 1.29 is 0 Å². The highest BCUT2D eigenvalue weighted by molar-refractivity contribution is 5.87. The summed E-state index contributed by atoms with van der Waals surface area (Å²) in [6.45, 7) is 2.11. The van der Waals surface area contributed by atoms with Gasteiger partial charge in [-0.25, -0.2) is 0 Å². The van der Waals surface area contributed by atoms with Gasteiger partial charge in [0.05, 0.1) is 16.7 Å². The van der Waals surface area contributed by atoms with Gasteiger partial charge in [-0.2, -0.15) is 0 Å². The summed E-state index contributed by atoms with van der Waals surface area (Å²) in [6.07, 6.45) is 5.27. The van der Waals surface area contributed by atoms with Crippen molar-refractivity contribution in [2.45, 2.75) is 6.92 Å². The van der Waals surface area contributed by atoms with Crippen LogP contribution in [0, 0.1) is 6.92 Å². The largest absolute Gasteiger partial charge is 0.256 e. The summed E-state index contributed by atoms with van der Waals surface area (Å²) in [4.78, 5) is 13.4. The Hall–Kier alpha value is -3.07. The third-order valence-electron chi connectivity index (χ3n) is 3.99. The molecular weight excluding hydrogens is 282 g/mol. The van der Waals surface area contributed by atoms with Crippen LogP contribution in [-0.4, -0.2) is 15.0 Å². The molecule has 0 spiro atoms. The Balaban J connectivity index is 1.93. The van der Waals surface area contributed by atoms with Gasteiger partial charge in [0.25, 0.3) is 0 Å². The Bertz CT molecular complexity index is 992. The van der Waals surface area contributed by atoms with Gasteiger partial charge in [-0.15, -0.1) is 0 Å². The number of hydrogen-bond acceptors (Lipinski definition) is 3. The van der Waals surface area contributed by atoms with Crippen LogP contribution in [-0.2, 0) is 0 Å². The van der Waals surface area contributed by atoms with Crippen LogP contribution >= 0.6 is 0 Å². The average molecular weight is 297 g/mol. The predicted molar refractivity (Wildman–Crippen MR) is 92.9 cm³/mol. The molecule has 2 aromatic carbocycles. The van der Waals surface area contributed by atoms with Crippen molar-refractivity contribution in [2.24, 2.45) is 0 Å². The number of nitrogens with zero attached hydrogens (tertiary/aromatic N) is 3. The number of pyridine rings is 1. The zero-order valence-corrected chi connectivity index (χ0v) is 12.8. The molecule has 4 rings (SSSR count). The van der Waals surface area contributed by atoms with Gasteiger partial charge in [-0.1, -0.05) is 36.4 Å². The molecule has 0 saturated carbocycles. The van der Waals surface area contributed by atoms with Gasteiger partial charge in [0.2, 0.25) is 0 Å². The fraction of sp³-hybridized carbons (Fsp3) is 0.0500. The molecule has 0 fully saturated rings. The summed E-state index contributed by atoms with van der Waals surface area (Å²) in [5, 5.41) is 0. The molecule has 0 aliphatic heterocycles. The SMILES string of the molecule is Cc1ccccc1-c1ncccc1-c1ccc2nccnc2c1. The smallest absolute Gasteiger partial charge is 0.0892 e. The van der Waals surface area contributed by atoms with Crippen molar-refractivity contribution in [1.82, 2.24) is 15.0 Å². The maximum absolute atomic E-state index is 4.63. The van der Waals surface area contributed by atoms with Gasteiger partial charge in [0.15, 0.2) is 0 Å².